The number of ether oxygens (including phenoxy) is 2. The van der Waals surface area contributed by atoms with E-state index in [1.54, 1.807) is 25.3 Å². The van der Waals surface area contributed by atoms with Gasteiger partial charge in [0.2, 0.25) is 0 Å². The summed E-state index contributed by atoms with van der Waals surface area (Å²) < 4.78 is 10.5. The average Bonchev–Trinajstić information content (AvgIpc) is 2.83. The smallest absolute Gasteiger partial charge is 0.270 e. The van der Waals surface area contributed by atoms with Crippen LogP contribution in [0.5, 0.6) is 11.5 Å². The standard InChI is InChI=1S/C23H30N6O5.ClH/c1-33-20-10-3-14(11-21(20)34-2)13-26-22(30)18-12-17(29(31)32)8-9-19(18)27-15-4-6-16(7-5-15)28-23(24)25;/h3,8-12,15-16,27H,4-7,13H2,1-2H3,(H,26,30)(H4,24,25,28);1H. The third kappa shape index (κ3) is 7.38. The van der Waals surface area contributed by atoms with Gasteiger partial charge < -0.3 is 31.6 Å². The number of nitro groups is 1. The molecule has 1 saturated carbocycles. The van der Waals surface area contributed by atoms with Gasteiger partial charge in [-0.05, 0) is 49.4 Å². The van der Waals surface area contributed by atoms with Crippen LogP contribution in [0.3, 0.4) is 0 Å². The molecule has 1 amide bonds. The summed E-state index contributed by atoms with van der Waals surface area (Å²) in [6.07, 6.45) is 3.24. The predicted molar refractivity (Wildman–Crippen MR) is 137 cm³/mol. The molecule has 35 heavy (non-hydrogen) atoms. The Bertz CT molecular complexity index is 1070. The first kappa shape index (κ1) is 27.5. The van der Waals surface area contributed by atoms with Gasteiger partial charge in [-0.15, -0.1) is 12.4 Å². The number of carbonyl (C=O) groups is 1. The van der Waals surface area contributed by atoms with E-state index in [1.807, 2.05) is 6.07 Å². The number of nitrogens with two attached hydrogens (primary N) is 2. The average molecular weight is 507 g/mol. The number of halogens is 1. The summed E-state index contributed by atoms with van der Waals surface area (Å²) in [6.45, 7) is 0.213. The first-order valence-electron chi connectivity index (χ1n) is 10.9. The molecule has 0 heterocycles. The molecule has 190 valence electrons. The van der Waals surface area contributed by atoms with Gasteiger partial charge in [0.1, 0.15) is 0 Å². The van der Waals surface area contributed by atoms with Crippen LogP contribution in [0, 0.1) is 10.1 Å². The summed E-state index contributed by atoms with van der Waals surface area (Å²) in [5, 5.41) is 17.5. The number of methoxy groups -OCH3 is 2. The Morgan fingerprint density at radius 2 is 1.77 bits per heavy atom. The Kier molecular flexibility index (Phi) is 9.95. The van der Waals surface area contributed by atoms with Crippen molar-refractivity contribution >= 4 is 35.6 Å². The highest BCUT2D eigenvalue weighted by Gasteiger charge is 2.23. The predicted octanol–water partition coefficient (Wildman–Crippen LogP) is 2.96. The van der Waals surface area contributed by atoms with E-state index < -0.39 is 10.8 Å². The first-order chi connectivity index (χ1) is 16.3. The van der Waals surface area contributed by atoms with E-state index in [0.29, 0.717) is 17.2 Å². The lowest BCUT2D eigenvalue weighted by Gasteiger charge is -2.28. The lowest BCUT2D eigenvalue weighted by Crippen LogP contribution is -2.32. The van der Waals surface area contributed by atoms with E-state index in [4.69, 9.17) is 20.9 Å². The fraction of sp³-hybridized carbons (Fsp3) is 0.391. The Balaban J connectivity index is 0.00000432. The van der Waals surface area contributed by atoms with Crippen LogP contribution in [-0.4, -0.2) is 43.1 Å². The zero-order valence-corrected chi connectivity index (χ0v) is 20.5. The molecular formula is C23H31ClN6O5. The minimum absolute atomic E-state index is 0. The van der Waals surface area contributed by atoms with Gasteiger partial charge >= 0.3 is 0 Å². The molecule has 3 rings (SSSR count). The van der Waals surface area contributed by atoms with Gasteiger partial charge in [-0.3, -0.25) is 19.9 Å². The number of aliphatic imine (C=N–C) groups is 1. The molecule has 2 aromatic carbocycles. The molecule has 11 nitrogen and oxygen atoms in total. The molecule has 0 atom stereocenters. The lowest BCUT2D eigenvalue weighted by atomic mass is 9.91. The molecule has 1 aliphatic carbocycles. The van der Waals surface area contributed by atoms with E-state index in [0.717, 1.165) is 31.2 Å². The molecule has 0 bridgehead atoms. The fourth-order valence-corrected chi connectivity index (χ4v) is 4.01. The van der Waals surface area contributed by atoms with Gasteiger partial charge in [0.15, 0.2) is 17.5 Å². The number of carbonyl (C=O) groups excluding carboxylic acids is 1. The molecule has 2 aromatic rings. The summed E-state index contributed by atoms with van der Waals surface area (Å²) in [5.41, 5.74) is 12.3. The molecule has 6 N–H and O–H groups in total. The molecule has 0 radical (unpaired) electrons. The van der Waals surface area contributed by atoms with Crippen LogP contribution >= 0.6 is 12.4 Å². The molecule has 1 fully saturated rings. The van der Waals surface area contributed by atoms with Crippen molar-refractivity contribution in [3.05, 3.63) is 57.6 Å². The number of non-ortho nitro benzene ring substituents is 1. The second-order valence-corrected chi connectivity index (χ2v) is 8.06. The number of benzene rings is 2. The summed E-state index contributed by atoms with van der Waals surface area (Å²) >= 11 is 0. The van der Waals surface area contributed by atoms with Crippen LogP contribution < -0.4 is 31.6 Å². The zero-order chi connectivity index (χ0) is 24.7. The summed E-state index contributed by atoms with van der Waals surface area (Å²) in [7, 11) is 3.08. The highest BCUT2D eigenvalue weighted by atomic mass is 35.5. The number of rotatable bonds is 9. The molecule has 1 aliphatic rings. The minimum atomic E-state index is -0.519. The number of nitrogens with zero attached hydrogens (tertiary/aromatic N) is 2. The lowest BCUT2D eigenvalue weighted by molar-refractivity contribution is -0.384. The Labute approximate surface area is 209 Å². The third-order valence-electron chi connectivity index (χ3n) is 5.75. The van der Waals surface area contributed by atoms with E-state index >= 15 is 0 Å². The SMILES string of the molecule is COc1ccc(CNC(=O)c2cc([N+](=O)[O-])ccc2NC2CCC(N=C(N)N)CC2)cc1OC.Cl. The van der Waals surface area contributed by atoms with Crippen molar-refractivity contribution in [2.75, 3.05) is 19.5 Å². The first-order valence-corrected chi connectivity index (χ1v) is 10.9. The summed E-state index contributed by atoms with van der Waals surface area (Å²) in [5.74, 6) is 0.788. The number of hydrogen-bond donors (Lipinski definition) is 4. The number of hydrogen-bond acceptors (Lipinski definition) is 7. The number of nitro benzene ring substituents is 1. The maximum absolute atomic E-state index is 13.0. The topological polar surface area (TPSA) is 167 Å². The van der Waals surface area contributed by atoms with Gasteiger partial charge in [0, 0.05) is 30.4 Å². The minimum Gasteiger partial charge on any atom is -0.493 e. The fourth-order valence-electron chi connectivity index (χ4n) is 4.01. The number of guanidine groups is 1. The van der Waals surface area contributed by atoms with Gasteiger partial charge in [-0.2, -0.15) is 0 Å². The maximum atomic E-state index is 13.0. The van der Waals surface area contributed by atoms with Crippen LogP contribution in [0.15, 0.2) is 41.4 Å². The zero-order valence-electron chi connectivity index (χ0n) is 19.7. The number of nitrogens with one attached hydrogen (secondary N) is 2. The second-order valence-electron chi connectivity index (χ2n) is 8.06. The van der Waals surface area contributed by atoms with Crippen LogP contribution in [0.25, 0.3) is 0 Å². The highest BCUT2D eigenvalue weighted by Crippen LogP contribution is 2.29. The molecule has 0 aliphatic heterocycles. The van der Waals surface area contributed by atoms with Crippen molar-refractivity contribution < 1.29 is 19.2 Å². The van der Waals surface area contributed by atoms with Crippen molar-refractivity contribution in [2.45, 2.75) is 44.3 Å². The van der Waals surface area contributed by atoms with Crippen LogP contribution in [0.4, 0.5) is 11.4 Å². The van der Waals surface area contributed by atoms with Crippen molar-refractivity contribution in [1.29, 1.82) is 0 Å². The van der Waals surface area contributed by atoms with Crippen molar-refractivity contribution in [3.8, 4) is 11.5 Å². The monoisotopic (exact) mass is 506 g/mol. The largest absolute Gasteiger partial charge is 0.493 e. The van der Waals surface area contributed by atoms with E-state index in [2.05, 4.69) is 15.6 Å². The molecular weight excluding hydrogens is 476 g/mol. The molecule has 0 saturated heterocycles. The van der Waals surface area contributed by atoms with E-state index in [-0.39, 0.29) is 48.2 Å². The highest BCUT2D eigenvalue weighted by molar-refractivity contribution is 6.00. The molecule has 0 unspecified atom stereocenters. The normalized spacial score (nSPS) is 16.9. The summed E-state index contributed by atoms with van der Waals surface area (Å²) in [6, 6.07) is 9.76. The number of amides is 1. The van der Waals surface area contributed by atoms with Crippen LogP contribution in [0.1, 0.15) is 41.6 Å². The summed E-state index contributed by atoms with van der Waals surface area (Å²) in [4.78, 5) is 28.0. The number of anilines is 1. The van der Waals surface area contributed by atoms with Gasteiger partial charge in [0.25, 0.3) is 11.6 Å². The molecule has 12 heteroatoms. The van der Waals surface area contributed by atoms with Gasteiger partial charge in [-0.25, -0.2) is 0 Å². The Morgan fingerprint density at radius 1 is 1.09 bits per heavy atom. The third-order valence-corrected chi connectivity index (χ3v) is 5.75. The Hall–Kier alpha value is -3.73. The quantitative estimate of drug-likeness (QED) is 0.174. The van der Waals surface area contributed by atoms with Gasteiger partial charge in [-0.1, -0.05) is 6.07 Å². The molecule has 0 aromatic heterocycles. The van der Waals surface area contributed by atoms with Crippen molar-refractivity contribution in [1.82, 2.24) is 5.32 Å². The van der Waals surface area contributed by atoms with Crippen molar-refractivity contribution in [2.24, 2.45) is 16.5 Å². The maximum Gasteiger partial charge on any atom is 0.270 e. The van der Waals surface area contributed by atoms with Crippen molar-refractivity contribution in [3.63, 3.8) is 0 Å². The van der Waals surface area contributed by atoms with E-state index in [9.17, 15) is 14.9 Å². The second kappa shape index (κ2) is 12.7. The van der Waals surface area contributed by atoms with Crippen LogP contribution in [-0.2, 0) is 6.54 Å². The van der Waals surface area contributed by atoms with Gasteiger partial charge in [0.05, 0.1) is 30.7 Å². The van der Waals surface area contributed by atoms with Crippen LogP contribution in [0.2, 0.25) is 0 Å². The molecule has 0 spiro atoms. The Morgan fingerprint density at radius 3 is 2.37 bits per heavy atom. The van der Waals surface area contributed by atoms with E-state index in [1.165, 1.54) is 19.2 Å².